The Bertz CT molecular complexity index is 563. The number of carboxylic acids is 1. The summed E-state index contributed by atoms with van der Waals surface area (Å²) in [6.07, 6.45) is 1.70. The number of rotatable bonds is 3. The van der Waals surface area contributed by atoms with Crippen LogP contribution in [0.1, 0.15) is 5.69 Å². The quantitative estimate of drug-likeness (QED) is 0.911. The van der Waals surface area contributed by atoms with E-state index >= 15 is 0 Å². The van der Waals surface area contributed by atoms with Crippen molar-refractivity contribution >= 4 is 17.6 Å². The molecule has 88 valence electrons. The maximum Gasteiger partial charge on any atom is 0.325 e. The van der Waals surface area contributed by atoms with Crippen LogP contribution in [-0.4, -0.2) is 20.9 Å². The number of nitrogens with zero attached hydrogens (tertiary/aromatic N) is 2. The number of carboxylic acid groups (broad SMARTS) is 1. The van der Waals surface area contributed by atoms with Crippen molar-refractivity contribution in [3.63, 3.8) is 0 Å². The molecule has 0 aliphatic rings. The number of benzene rings is 1. The molecule has 2 rings (SSSR count). The molecular formula is C12H11ClN2O2. The fraction of sp³-hybridized carbons (Fsp3) is 0.167. The zero-order valence-corrected chi connectivity index (χ0v) is 9.98. The zero-order valence-electron chi connectivity index (χ0n) is 9.22. The molecule has 0 saturated heterocycles. The molecule has 0 saturated carbocycles. The van der Waals surface area contributed by atoms with Crippen molar-refractivity contribution in [1.29, 1.82) is 0 Å². The van der Waals surface area contributed by atoms with Crippen LogP contribution in [0.5, 0.6) is 0 Å². The summed E-state index contributed by atoms with van der Waals surface area (Å²) in [5.74, 6) is -0.918. The molecule has 0 unspecified atom stereocenters. The normalized spacial score (nSPS) is 10.5. The summed E-state index contributed by atoms with van der Waals surface area (Å²) >= 11 is 6.09. The fourth-order valence-corrected chi connectivity index (χ4v) is 1.92. The van der Waals surface area contributed by atoms with Gasteiger partial charge in [0, 0.05) is 22.3 Å². The molecule has 0 radical (unpaired) electrons. The highest BCUT2D eigenvalue weighted by Crippen LogP contribution is 2.29. The lowest BCUT2D eigenvalue weighted by Gasteiger charge is -2.01. The van der Waals surface area contributed by atoms with Gasteiger partial charge < -0.3 is 5.11 Å². The molecule has 4 nitrogen and oxygen atoms in total. The fourth-order valence-electron chi connectivity index (χ4n) is 1.68. The van der Waals surface area contributed by atoms with Gasteiger partial charge >= 0.3 is 5.97 Å². The minimum atomic E-state index is -0.918. The molecular weight excluding hydrogens is 240 g/mol. The lowest BCUT2D eigenvalue weighted by Crippen LogP contribution is -2.08. The molecule has 0 bridgehead atoms. The van der Waals surface area contributed by atoms with E-state index < -0.39 is 5.97 Å². The van der Waals surface area contributed by atoms with Crippen molar-refractivity contribution in [2.75, 3.05) is 0 Å². The lowest BCUT2D eigenvalue weighted by atomic mass is 10.1. The topological polar surface area (TPSA) is 55.1 Å². The Kier molecular flexibility index (Phi) is 3.15. The van der Waals surface area contributed by atoms with Gasteiger partial charge in [-0.1, -0.05) is 29.8 Å². The highest BCUT2D eigenvalue weighted by atomic mass is 35.5. The van der Waals surface area contributed by atoms with E-state index in [9.17, 15) is 4.79 Å². The van der Waals surface area contributed by atoms with Gasteiger partial charge in [-0.15, -0.1) is 0 Å². The van der Waals surface area contributed by atoms with Gasteiger partial charge in [0.05, 0.1) is 5.69 Å². The third-order valence-corrected chi connectivity index (χ3v) is 2.74. The monoisotopic (exact) mass is 250 g/mol. The van der Waals surface area contributed by atoms with Crippen molar-refractivity contribution in [2.24, 2.45) is 0 Å². The average Bonchev–Trinajstić information content (AvgIpc) is 2.59. The summed E-state index contributed by atoms with van der Waals surface area (Å²) in [6, 6.07) is 7.42. The first-order valence-electron chi connectivity index (χ1n) is 5.08. The minimum absolute atomic E-state index is 0.148. The molecule has 0 amide bonds. The maximum atomic E-state index is 10.6. The second-order valence-corrected chi connectivity index (χ2v) is 4.11. The van der Waals surface area contributed by atoms with Crippen molar-refractivity contribution in [1.82, 2.24) is 9.78 Å². The van der Waals surface area contributed by atoms with Gasteiger partial charge in [-0.2, -0.15) is 5.10 Å². The van der Waals surface area contributed by atoms with Crippen LogP contribution < -0.4 is 0 Å². The predicted octanol–water partition coefficient (Wildman–Crippen LogP) is 2.60. The van der Waals surface area contributed by atoms with Crippen molar-refractivity contribution < 1.29 is 9.90 Å². The Morgan fingerprint density at radius 1 is 1.41 bits per heavy atom. The van der Waals surface area contributed by atoms with Crippen LogP contribution >= 0.6 is 11.6 Å². The molecule has 0 aliphatic heterocycles. The molecule has 2 aromatic rings. The second kappa shape index (κ2) is 4.59. The Labute approximate surface area is 103 Å². The van der Waals surface area contributed by atoms with E-state index in [2.05, 4.69) is 5.10 Å². The van der Waals surface area contributed by atoms with Crippen LogP contribution in [-0.2, 0) is 11.3 Å². The van der Waals surface area contributed by atoms with E-state index in [-0.39, 0.29) is 6.54 Å². The third-order valence-electron chi connectivity index (χ3n) is 2.41. The first kappa shape index (κ1) is 11.7. The standard InChI is InChI=1S/C12H11ClN2O2/c1-8-10(6-15(14-8)7-12(16)17)9-4-2-3-5-11(9)13/h2-6H,7H2,1H3,(H,16,17). The highest BCUT2D eigenvalue weighted by Gasteiger charge is 2.11. The van der Waals surface area contributed by atoms with E-state index in [0.717, 1.165) is 16.8 Å². The number of halogens is 1. The number of hydrogen-bond donors (Lipinski definition) is 1. The van der Waals surface area contributed by atoms with Gasteiger partial charge in [0.25, 0.3) is 0 Å². The number of hydrogen-bond acceptors (Lipinski definition) is 2. The Balaban J connectivity index is 2.43. The minimum Gasteiger partial charge on any atom is -0.480 e. The molecule has 1 aromatic carbocycles. The van der Waals surface area contributed by atoms with E-state index in [0.29, 0.717) is 5.02 Å². The summed E-state index contributed by atoms with van der Waals surface area (Å²) < 4.78 is 1.40. The molecule has 0 atom stereocenters. The Morgan fingerprint density at radius 3 is 2.76 bits per heavy atom. The molecule has 0 fully saturated rings. The van der Waals surface area contributed by atoms with Gasteiger partial charge in [-0.05, 0) is 13.0 Å². The number of aromatic nitrogens is 2. The van der Waals surface area contributed by atoms with Gasteiger partial charge in [0.2, 0.25) is 0 Å². The summed E-state index contributed by atoms with van der Waals surface area (Å²) in [4.78, 5) is 10.6. The smallest absolute Gasteiger partial charge is 0.325 e. The number of aryl methyl sites for hydroxylation is 1. The van der Waals surface area contributed by atoms with Crippen LogP contribution in [0.15, 0.2) is 30.5 Å². The molecule has 0 spiro atoms. The second-order valence-electron chi connectivity index (χ2n) is 3.70. The van der Waals surface area contributed by atoms with E-state index in [1.54, 1.807) is 12.3 Å². The van der Waals surface area contributed by atoms with Crippen LogP contribution in [0.4, 0.5) is 0 Å². The van der Waals surface area contributed by atoms with Crippen LogP contribution in [0, 0.1) is 6.92 Å². The van der Waals surface area contributed by atoms with Gasteiger partial charge in [-0.25, -0.2) is 0 Å². The molecule has 0 aliphatic carbocycles. The average molecular weight is 251 g/mol. The molecule has 1 N–H and O–H groups in total. The highest BCUT2D eigenvalue weighted by molar-refractivity contribution is 6.33. The van der Waals surface area contributed by atoms with Crippen molar-refractivity contribution in [3.05, 3.63) is 41.2 Å². The van der Waals surface area contributed by atoms with E-state index in [1.807, 2.05) is 25.1 Å². The van der Waals surface area contributed by atoms with E-state index in [4.69, 9.17) is 16.7 Å². The maximum absolute atomic E-state index is 10.6. The van der Waals surface area contributed by atoms with E-state index in [1.165, 1.54) is 4.68 Å². The summed E-state index contributed by atoms with van der Waals surface area (Å²) in [5, 5.41) is 13.5. The SMILES string of the molecule is Cc1nn(CC(=O)O)cc1-c1ccccc1Cl. The van der Waals surface area contributed by atoms with Crippen LogP contribution in [0.3, 0.4) is 0 Å². The molecule has 17 heavy (non-hydrogen) atoms. The Morgan fingerprint density at radius 2 is 2.12 bits per heavy atom. The van der Waals surface area contributed by atoms with Crippen LogP contribution in [0.25, 0.3) is 11.1 Å². The predicted molar refractivity (Wildman–Crippen MR) is 65.0 cm³/mol. The van der Waals surface area contributed by atoms with Crippen molar-refractivity contribution in [2.45, 2.75) is 13.5 Å². The Hall–Kier alpha value is -1.81. The van der Waals surface area contributed by atoms with Crippen LogP contribution in [0.2, 0.25) is 5.02 Å². The summed E-state index contributed by atoms with van der Waals surface area (Å²) in [6.45, 7) is 1.68. The summed E-state index contributed by atoms with van der Waals surface area (Å²) in [5.41, 5.74) is 2.49. The van der Waals surface area contributed by atoms with Gasteiger partial charge in [0.15, 0.2) is 0 Å². The lowest BCUT2D eigenvalue weighted by molar-refractivity contribution is -0.137. The first-order chi connectivity index (χ1) is 8.08. The third kappa shape index (κ3) is 2.47. The molecule has 1 aromatic heterocycles. The number of aliphatic carboxylic acids is 1. The first-order valence-corrected chi connectivity index (χ1v) is 5.46. The summed E-state index contributed by atoms with van der Waals surface area (Å²) in [7, 11) is 0. The van der Waals surface area contributed by atoms with Gasteiger partial charge in [0.1, 0.15) is 6.54 Å². The molecule has 1 heterocycles. The molecule has 5 heteroatoms. The largest absolute Gasteiger partial charge is 0.480 e. The van der Waals surface area contributed by atoms with Crippen molar-refractivity contribution in [3.8, 4) is 11.1 Å². The van der Waals surface area contributed by atoms with Gasteiger partial charge in [-0.3, -0.25) is 9.48 Å². The number of carbonyl (C=O) groups is 1. The zero-order chi connectivity index (χ0) is 12.4.